The van der Waals surface area contributed by atoms with Crippen LogP contribution in [0.25, 0.3) is 0 Å². The first kappa shape index (κ1) is 8.91. The summed E-state index contributed by atoms with van der Waals surface area (Å²) in [7, 11) is 0. The van der Waals surface area contributed by atoms with Gasteiger partial charge in [0.05, 0.1) is 11.6 Å². The molecule has 0 bridgehead atoms. The van der Waals surface area contributed by atoms with Gasteiger partial charge in [0.2, 0.25) is 0 Å². The topological polar surface area (TPSA) is 30.0 Å². The summed E-state index contributed by atoms with van der Waals surface area (Å²) in [5, 5.41) is 0. The molecule has 64 valence electrons. The third-order valence-electron chi connectivity index (χ3n) is 1.96. The van der Waals surface area contributed by atoms with Crippen molar-refractivity contribution < 1.29 is 4.79 Å². The zero-order valence-corrected chi connectivity index (χ0v) is 7.66. The van der Waals surface area contributed by atoms with E-state index in [0.29, 0.717) is 0 Å². The summed E-state index contributed by atoms with van der Waals surface area (Å²) in [4.78, 5) is 15.3. The summed E-state index contributed by atoms with van der Waals surface area (Å²) in [5.74, 6) is 0.0815. The average molecular weight is 163 g/mol. The summed E-state index contributed by atoms with van der Waals surface area (Å²) in [6, 6.07) is 5.74. The van der Waals surface area contributed by atoms with Gasteiger partial charge in [-0.1, -0.05) is 6.07 Å². The fourth-order valence-electron chi connectivity index (χ4n) is 1.01. The number of carbonyl (C=O) groups excluding carboxylic acids is 1. The van der Waals surface area contributed by atoms with Gasteiger partial charge in [0.15, 0.2) is 0 Å². The zero-order chi connectivity index (χ0) is 9.14. The molecule has 1 rings (SSSR count). The molecule has 0 aliphatic rings. The molecule has 0 amide bonds. The van der Waals surface area contributed by atoms with E-state index in [4.69, 9.17) is 0 Å². The van der Waals surface area contributed by atoms with Gasteiger partial charge >= 0.3 is 0 Å². The van der Waals surface area contributed by atoms with Crippen LogP contribution in [0.15, 0.2) is 18.2 Å². The van der Waals surface area contributed by atoms with E-state index in [-0.39, 0.29) is 11.7 Å². The van der Waals surface area contributed by atoms with Gasteiger partial charge in [-0.2, -0.15) is 0 Å². The van der Waals surface area contributed by atoms with E-state index in [9.17, 15) is 4.79 Å². The van der Waals surface area contributed by atoms with Crippen molar-refractivity contribution in [3.05, 3.63) is 29.6 Å². The second-order valence-corrected chi connectivity index (χ2v) is 3.04. The molecule has 2 nitrogen and oxygen atoms in total. The number of hydrogen-bond acceptors (Lipinski definition) is 2. The van der Waals surface area contributed by atoms with Crippen LogP contribution in [0, 0.1) is 6.92 Å². The number of aromatic nitrogens is 1. The van der Waals surface area contributed by atoms with Gasteiger partial charge in [-0.15, -0.1) is 0 Å². The number of ketones is 1. The van der Waals surface area contributed by atoms with Gasteiger partial charge in [-0.25, -0.2) is 0 Å². The number of pyridine rings is 1. The van der Waals surface area contributed by atoms with Gasteiger partial charge in [0, 0.05) is 5.69 Å². The molecule has 1 aromatic heterocycles. The summed E-state index contributed by atoms with van der Waals surface area (Å²) in [5.41, 5.74) is 1.82. The maximum atomic E-state index is 11.0. The molecule has 2 heteroatoms. The van der Waals surface area contributed by atoms with Gasteiger partial charge in [-0.3, -0.25) is 9.78 Å². The Balaban J connectivity index is 2.95. The molecule has 0 saturated heterocycles. The third-order valence-corrected chi connectivity index (χ3v) is 1.96. The minimum atomic E-state index is -0.0788. The van der Waals surface area contributed by atoms with Crippen molar-refractivity contribution in [3.63, 3.8) is 0 Å². The molecule has 0 saturated carbocycles. The van der Waals surface area contributed by atoms with Crippen molar-refractivity contribution in [1.82, 2.24) is 4.98 Å². The minimum Gasteiger partial charge on any atom is -0.299 e. The number of aryl methyl sites for hydroxylation is 1. The smallest absolute Gasteiger partial charge is 0.138 e. The maximum Gasteiger partial charge on any atom is 0.138 e. The van der Waals surface area contributed by atoms with E-state index < -0.39 is 0 Å². The maximum absolute atomic E-state index is 11.0. The first-order valence-electron chi connectivity index (χ1n) is 4.05. The molecule has 0 fully saturated rings. The molecule has 0 N–H and O–H groups in total. The molecule has 0 aliphatic carbocycles. The molecule has 1 aromatic rings. The highest BCUT2D eigenvalue weighted by Crippen LogP contribution is 2.13. The molecule has 0 aromatic carbocycles. The Morgan fingerprint density at radius 2 is 2.17 bits per heavy atom. The fourth-order valence-corrected chi connectivity index (χ4v) is 1.01. The lowest BCUT2D eigenvalue weighted by molar-refractivity contribution is -0.118. The monoisotopic (exact) mass is 163 g/mol. The van der Waals surface area contributed by atoms with Crippen LogP contribution in [0.1, 0.15) is 31.2 Å². The molecule has 1 unspecified atom stereocenters. The first-order valence-corrected chi connectivity index (χ1v) is 4.05. The second kappa shape index (κ2) is 3.48. The van der Waals surface area contributed by atoms with E-state index in [1.165, 1.54) is 0 Å². The Morgan fingerprint density at radius 1 is 1.50 bits per heavy atom. The molecule has 1 atom stereocenters. The predicted molar refractivity (Wildman–Crippen MR) is 48.1 cm³/mol. The molecular weight excluding hydrogens is 150 g/mol. The van der Waals surface area contributed by atoms with Crippen LogP contribution in [0.4, 0.5) is 0 Å². The van der Waals surface area contributed by atoms with Crippen molar-refractivity contribution in [2.75, 3.05) is 0 Å². The lowest BCUT2D eigenvalue weighted by Gasteiger charge is -2.06. The standard InChI is InChI=1S/C10H13NO/c1-7-5-4-6-10(11-7)8(2)9(3)12/h4-6,8H,1-3H3. The van der Waals surface area contributed by atoms with Crippen LogP contribution in [-0.4, -0.2) is 10.8 Å². The van der Waals surface area contributed by atoms with Crippen LogP contribution < -0.4 is 0 Å². The predicted octanol–water partition coefficient (Wildman–Crippen LogP) is 2.08. The van der Waals surface area contributed by atoms with Crippen molar-refractivity contribution >= 4 is 5.78 Å². The Hall–Kier alpha value is -1.18. The van der Waals surface area contributed by atoms with Crippen LogP contribution in [0.3, 0.4) is 0 Å². The largest absolute Gasteiger partial charge is 0.299 e. The second-order valence-electron chi connectivity index (χ2n) is 3.04. The molecule has 0 spiro atoms. The molecule has 1 heterocycles. The van der Waals surface area contributed by atoms with E-state index in [2.05, 4.69) is 4.98 Å². The van der Waals surface area contributed by atoms with E-state index in [1.54, 1.807) is 6.92 Å². The third kappa shape index (κ3) is 1.91. The highest BCUT2D eigenvalue weighted by molar-refractivity contribution is 5.82. The van der Waals surface area contributed by atoms with Crippen LogP contribution in [-0.2, 0) is 4.79 Å². The van der Waals surface area contributed by atoms with Crippen molar-refractivity contribution in [1.29, 1.82) is 0 Å². The lowest BCUT2D eigenvalue weighted by atomic mass is 10.0. The van der Waals surface area contributed by atoms with E-state index in [0.717, 1.165) is 11.4 Å². The quantitative estimate of drug-likeness (QED) is 0.668. The fraction of sp³-hybridized carbons (Fsp3) is 0.400. The minimum absolute atomic E-state index is 0.0788. The highest BCUT2D eigenvalue weighted by atomic mass is 16.1. The van der Waals surface area contributed by atoms with Crippen molar-refractivity contribution in [3.8, 4) is 0 Å². The normalized spacial score (nSPS) is 12.6. The summed E-state index contributed by atoms with van der Waals surface area (Å²) in [6.07, 6.45) is 0. The van der Waals surface area contributed by atoms with Crippen LogP contribution in [0.2, 0.25) is 0 Å². The average Bonchev–Trinajstić information content (AvgIpc) is 2.03. The van der Waals surface area contributed by atoms with E-state index >= 15 is 0 Å². The summed E-state index contributed by atoms with van der Waals surface area (Å²) >= 11 is 0. The van der Waals surface area contributed by atoms with Crippen molar-refractivity contribution in [2.45, 2.75) is 26.7 Å². The number of carbonyl (C=O) groups is 1. The molecule has 0 radical (unpaired) electrons. The Kier molecular flexibility index (Phi) is 2.58. The van der Waals surface area contributed by atoms with Gasteiger partial charge in [0.1, 0.15) is 5.78 Å². The highest BCUT2D eigenvalue weighted by Gasteiger charge is 2.10. The van der Waals surface area contributed by atoms with Crippen LogP contribution >= 0.6 is 0 Å². The van der Waals surface area contributed by atoms with Crippen molar-refractivity contribution in [2.24, 2.45) is 0 Å². The Morgan fingerprint density at radius 3 is 2.67 bits per heavy atom. The lowest BCUT2D eigenvalue weighted by Crippen LogP contribution is -2.06. The SMILES string of the molecule is CC(=O)C(C)c1cccc(C)n1. The molecular formula is C10H13NO. The Bertz CT molecular complexity index is 294. The zero-order valence-electron chi connectivity index (χ0n) is 7.66. The van der Waals surface area contributed by atoms with Crippen LogP contribution in [0.5, 0.6) is 0 Å². The van der Waals surface area contributed by atoms with Gasteiger partial charge in [0.25, 0.3) is 0 Å². The number of rotatable bonds is 2. The number of hydrogen-bond donors (Lipinski definition) is 0. The first-order chi connectivity index (χ1) is 5.61. The summed E-state index contributed by atoms with van der Waals surface area (Å²) < 4.78 is 0. The van der Waals surface area contributed by atoms with Gasteiger partial charge < -0.3 is 0 Å². The molecule has 12 heavy (non-hydrogen) atoms. The van der Waals surface area contributed by atoms with E-state index in [1.807, 2.05) is 32.0 Å². The van der Waals surface area contributed by atoms with Gasteiger partial charge in [-0.05, 0) is 32.9 Å². The number of nitrogens with zero attached hydrogens (tertiary/aromatic N) is 1. The Labute approximate surface area is 72.6 Å². The molecule has 0 aliphatic heterocycles. The summed E-state index contributed by atoms with van der Waals surface area (Å²) in [6.45, 7) is 5.40. The number of Topliss-reactive ketones (excluding diaryl/α,β-unsaturated/α-hetero) is 1.